The van der Waals surface area contributed by atoms with Gasteiger partial charge in [0.2, 0.25) is 0 Å². The monoisotopic (exact) mass is 373 g/mol. The highest BCUT2D eigenvalue weighted by Gasteiger charge is 2.15. The van der Waals surface area contributed by atoms with Gasteiger partial charge in [-0.2, -0.15) is 5.10 Å². The number of hydrazone groups is 1. The van der Waals surface area contributed by atoms with E-state index in [9.17, 15) is 4.79 Å². The predicted octanol–water partition coefficient (Wildman–Crippen LogP) is 1.46. The third-order valence-corrected chi connectivity index (χ3v) is 4.65. The molecule has 0 unspecified atom stereocenters. The Labute approximate surface area is 157 Å². The largest absolute Gasteiger partial charge is 0.376 e. The van der Waals surface area contributed by atoms with Gasteiger partial charge in [0.05, 0.1) is 23.7 Å². The fourth-order valence-electron chi connectivity index (χ4n) is 3.00. The maximum Gasteiger partial charge on any atom is 0.274 e. The minimum absolute atomic E-state index is 0.0702. The van der Waals surface area contributed by atoms with Crippen molar-refractivity contribution in [2.75, 3.05) is 13.2 Å². The second kappa shape index (κ2) is 8.29. The molecule has 1 atom stereocenters. The molecule has 0 aliphatic carbocycles. The molecule has 26 heavy (non-hydrogen) atoms. The zero-order chi connectivity index (χ0) is 18.5. The molecule has 3 rings (SSSR count). The summed E-state index contributed by atoms with van der Waals surface area (Å²) in [6, 6.07) is 9.50. The van der Waals surface area contributed by atoms with Gasteiger partial charge in [-0.1, -0.05) is 18.2 Å². The third-order valence-electron chi connectivity index (χ3n) is 4.41. The number of hydrogen-bond donors (Lipinski definition) is 2. The molecule has 1 aromatic heterocycles. The van der Waals surface area contributed by atoms with Crippen LogP contribution in [0, 0.1) is 6.92 Å². The Bertz CT molecular complexity index is 850. The molecule has 0 radical (unpaired) electrons. The second-order valence-electron chi connectivity index (χ2n) is 6.20. The average molecular weight is 373 g/mol. The molecular weight excluding hydrogens is 350 g/mol. The van der Waals surface area contributed by atoms with Gasteiger partial charge in [-0.15, -0.1) is 0 Å². The van der Waals surface area contributed by atoms with E-state index in [1.165, 1.54) is 0 Å². The number of nitrogens with zero attached hydrogens (tertiary/aromatic N) is 3. The highest BCUT2D eigenvalue weighted by molar-refractivity contribution is 7.80. The van der Waals surface area contributed by atoms with Crippen molar-refractivity contribution in [1.29, 1.82) is 0 Å². The van der Waals surface area contributed by atoms with E-state index in [0.717, 1.165) is 25.1 Å². The summed E-state index contributed by atoms with van der Waals surface area (Å²) >= 11 is 5.21. The van der Waals surface area contributed by atoms with Gasteiger partial charge < -0.3 is 10.1 Å². The molecule has 7 nitrogen and oxygen atoms in total. The number of benzene rings is 1. The first-order chi connectivity index (χ1) is 12.6. The number of para-hydroxylation sites is 1. The van der Waals surface area contributed by atoms with Gasteiger partial charge in [0.15, 0.2) is 5.11 Å². The molecule has 138 valence electrons. The van der Waals surface area contributed by atoms with Crippen LogP contribution in [0.1, 0.15) is 24.1 Å². The van der Waals surface area contributed by atoms with E-state index in [1.54, 1.807) is 22.5 Å². The fraction of sp³-hybridized carbons (Fsp3) is 0.389. The van der Waals surface area contributed by atoms with E-state index in [1.807, 2.05) is 37.4 Å². The zero-order valence-electron chi connectivity index (χ0n) is 14.9. The minimum atomic E-state index is -0.0702. The van der Waals surface area contributed by atoms with Crippen LogP contribution in [-0.2, 0) is 11.8 Å². The Kier molecular flexibility index (Phi) is 5.85. The van der Waals surface area contributed by atoms with Gasteiger partial charge in [0.25, 0.3) is 5.56 Å². The first-order valence-corrected chi connectivity index (χ1v) is 9.01. The molecule has 1 fully saturated rings. The molecule has 1 saturated heterocycles. The SMILES string of the molecule is Cc1c(/C=N\NC(=S)NC[C@H]2CCCO2)n(C)n(-c2ccccc2)c1=O. The molecular formula is C18H23N5O2S. The Morgan fingerprint density at radius 2 is 2.19 bits per heavy atom. The van der Waals surface area contributed by atoms with Crippen LogP contribution in [0.5, 0.6) is 0 Å². The lowest BCUT2D eigenvalue weighted by Gasteiger charge is -2.11. The quantitative estimate of drug-likeness (QED) is 0.472. The van der Waals surface area contributed by atoms with Crippen LogP contribution >= 0.6 is 12.2 Å². The number of aromatic nitrogens is 2. The maximum absolute atomic E-state index is 12.6. The molecule has 1 aliphatic rings. The van der Waals surface area contributed by atoms with Crippen LogP contribution in [0.25, 0.3) is 5.69 Å². The van der Waals surface area contributed by atoms with Gasteiger partial charge in [-0.05, 0) is 44.1 Å². The molecule has 1 aromatic carbocycles. The summed E-state index contributed by atoms with van der Waals surface area (Å²) in [6.07, 6.45) is 3.96. The lowest BCUT2D eigenvalue weighted by molar-refractivity contribution is 0.114. The van der Waals surface area contributed by atoms with E-state index < -0.39 is 0 Å². The van der Waals surface area contributed by atoms with Gasteiger partial charge in [0.1, 0.15) is 0 Å². The van der Waals surface area contributed by atoms with Crippen LogP contribution in [0.3, 0.4) is 0 Å². The van der Waals surface area contributed by atoms with Crippen molar-refractivity contribution in [3.8, 4) is 5.69 Å². The first kappa shape index (κ1) is 18.3. The van der Waals surface area contributed by atoms with E-state index >= 15 is 0 Å². The van der Waals surface area contributed by atoms with Gasteiger partial charge >= 0.3 is 0 Å². The molecule has 0 saturated carbocycles. The summed E-state index contributed by atoms with van der Waals surface area (Å²) in [5.74, 6) is 0. The van der Waals surface area contributed by atoms with Crippen molar-refractivity contribution < 1.29 is 4.74 Å². The van der Waals surface area contributed by atoms with E-state index in [-0.39, 0.29) is 11.7 Å². The van der Waals surface area contributed by atoms with Crippen molar-refractivity contribution in [2.45, 2.75) is 25.9 Å². The van der Waals surface area contributed by atoms with Gasteiger partial charge in [0, 0.05) is 25.8 Å². The van der Waals surface area contributed by atoms with Crippen LogP contribution < -0.4 is 16.3 Å². The molecule has 1 aliphatic heterocycles. The smallest absolute Gasteiger partial charge is 0.274 e. The lowest BCUT2D eigenvalue weighted by Crippen LogP contribution is -2.37. The fourth-order valence-corrected chi connectivity index (χ4v) is 3.13. The molecule has 0 amide bonds. The van der Waals surface area contributed by atoms with Crippen LogP contribution in [0.15, 0.2) is 40.2 Å². The summed E-state index contributed by atoms with van der Waals surface area (Å²) in [5.41, 5.74) is 4.87. The van der Waals surface area contributed by atoms with E-state index in [2.05, 4.69) is 15.8 Å². The number of hydrogen-bond acceptors (Lipinski definition) is 4. The maximum atomic E-state index is 12.6. The predicted molar refractivity (Wildman–Crippen MR) is 106 cm³/mol. The Morgan fingerprint density at radius 3 is 2.88 bits per heavy atom. The normalized spacial score (nSPS) is 16.9. The number of thiocarbonyl (C=S) groups is 1. The molecule has 0 bridgehead atoms. The minimum Gasteiger partial charge on any atom is -0.376 e. The van der Waals surface area contributed by atoms with Gasteiger partial charge in [-0.3, -0.25) is 14.9 Å². The Hall–Kier alpha value is -2.45. The Balaban J connectivity index is 1.67. The Morgan fingerprint density at radius 1 is 1.42 bits per heavy atom. The van der Waals surface area contributed by atoms with Crippen LogP contribution in [-0.4, -0.2) is 39.9 Å². The average Bonchev–Trinajstić information content (AvgIpc) is 3.23. The first-order valence-electron chi connectivity index (χ1n) is 8.60. The zero-order valence-corrected chi connectivity index (χ0v) is 15.8. The summed E-state index contributed by atoms with van der Waals surface area (Å²) in [7, 11) is 1.83. The van der Waals surface area contributed by atoms with E-state index in [0.29, 0.717) is 22.9 Å². The molecule has 8 heteroatoms. The molecule has 2 N–H and O–H groups in total. The van der Waals surface area contributed by atoms with Crippen LogP contribution in [0.4, 0.5) is 0 Å². The van der Waals surface area contributed by atoms with Crippen molar-refractivity contribution in [3.63, 3.8) is 0 Å². The topological polar surface area (TPSA) is 72.6 Å². The van der Waals surface area contributed by atoms with Crippen molar-refractivity contribution in [2.24, 2.45) is 12.1 Å². The van der Waals surface area contributed by atoms with Crippen molar-refractivity contribution in [1.82, 2.24) is 20.1 Å². The molecule has 2 heterocycles. The highest BCUT2D eigenvalue weighted by Crippen LogP contribution is 2.10. The lowest BCUT2D eigenvalue weighted by atomic mass is 10.2. The summed E-state index contributed by atoms with van der Waals surface area (Å²) in [4.78, 5) is 12.6. The van der Waals surface area contributed by atoms with Crippen LogP contribution in [0.2, 0.25) is 0 Å². The third kappa shape index (κ3) is 4.03. The summed E-state index contributed by atoms with van der Waals surface area (Å²) < 4.78 is 8.93. The second-order valence-corrected chi connectivity index (χ2v) is 6.61. The number of ether oxygens (including phenoxy) is 1. The number of nitrogens with one attached hydrogen (secondary N) is 2. The van der Waals surface area contributed by atoms with Crippen molar-refractivity contribution >= 4 is 23.5 Å². The van der Waals surface area contributed by atoms with Crippen molar-refractivity contribution in [3.05, 3.63) is 51.9 Å². The number of rotatable bonds is 5. The summed E-state index contributed by atoms with van der Waals surface area (Å²) in [6.45, 7) is 3.27. The molecule has 0 spiro atoms. The van der Waals surface area contributed by atoms with Gasteiger partial charge in [-0.25, -0.2) is 4.68 Å². The highest BCUT2D eigenvalue weighted by atomic mass is 32.1. The molecule has 2 aromatic rings. The summed E-state index contributed by atoms with van der Waals surface area (Å²) in [5, 5.41) is 7.69. The van der Waals surface area contributed by atoms with E-state index in [4.69, 9.17) is 17.0 Å². The standard InChI is InChI=1S/C18H23N5O2S/c1-13-16(12-20-21-18(26)19-11-15-9-6-10-25-15)22(2)23(17(13)24)14-7-4-3-5-8-14/h3-5,7-8,12,15H,6,9-11H2,1-2H3,(H2,19,21,26)/b20-12-/t15-/m1/s1.